The molecule has 1 heterocycles. The summed E-state index contributed by atoms with van der Waals surface area (Å²) in [6.07, 6.45) is 0. The molecule has 0 saturated heterocycles. The Morgan fingerprint density at radius 3 is 2.58 bits per heavy atom. The van der Waals surface area contributed by atoms with Crippen LogP contribution in [0.15, 0.2) is 24.3 Å². The number of aromatic nitrogens is 2. The highest BCUT2D eigenvalue weighted by Crippen LogP contribution is 2.32. The zero-order chi connectivity index (χ0) is 14.0. The molecule has 100 valence electrons. The van der Waals surface area contributed by atoms with Crippen LogP contribution in [0, 0.1) is 0 Å². The van der Waals surface area contributed by atoms with Gasteiger partial charge < -0.3 is 15.4 Å². The summed E-state index contributed by atoms with van der Waals surface area (Å²) < 4.78 is 5.32. The standard InChI is InChI=1S/C13H15ClN4O/c1-18(2)13-16-10(7-12(15)17-13)9-6-8(14)4-5-11(9)19-3/h4-7H,1-3H3,(H2,15,16,17). The first kappa shape index (κ1) is 13.4. The first-order valence-corrected chi connectivity index (χ1v) is 6.05. The molecule has 0 aliphatic heterocycles. The number of hydrogen-bond acceptors (Lipinski definition) is 5. The first-order chi connectivity index (χ1) is 9.01. The van der Waals surface area contributed by atoms with Crippen molar-refractivity contribution in [1.82, 2.24) is 9.97 Å². The van der Waals surface area contributed by atoms with Crippen LogP contribution in [0.5, 0.6) is 5.75 Å². The Hall–Kier alpha value is -2.01. The third-order valence-electron chi connectivity index (χ3n) is 2.57. The Labute approximate surface area is 117 Å². The molecule has 0 aliphatic carbocycles. The zero-order valence-corrected chi connectivity index (χ0v) is 11.8. The fraction of sp³-hybridized carbons (Fsp3) is 0.231. The maximum Gasteiger partial charge on any atom is 0.227 e. The highest BCUT2D eigenvalue weighted by molar-refractivity contribution is 6.30. The molecule has 0 fully saturated rings. The van der Waals surface area contributed by atoms with E-state index in [1.165, 1.54) is 0 Å². The van der Waals surface area contributed by atoms with Crippen molar-refractivity contribution in [2.45, 2.75) is 0 Å². The molecule has 0 atom stereocenters. The van der Waals surface area contributed by atoms with Crippen LogP contribution in [-0.4, -0.2) is 31.2 Å². The molecule has 0 saturated carbocycles. The summed E-state index contributed by atoms with van der Waals surface area (Å²) in [7, 11) is 5.31. The van der Waals surface area contributed by atoms with E-state index in [-0.39, 0.29) is 0 Å². The molecule has 2 rings (SSSR count). The van der Waals surface area contributed by atoms with Gasteiger partial charge in [0.15, 0.2) is 0 Å². The van der Waals surface area contributed by atoms with E-state index in [1.807, 2.05) is 14.1 Å². The number of nitrogen functional groups attached to an aromatic ring is 1. The molecule has 6 heteroatoms. The second-order valence-corrected chi connectivity index (χ2v) is 4.65. The number of methoxy groups -OCH3 is 1. The first-order valence-electron chi connectivity index (χ1n) is 5.67. The van der Waals surface area contributed by atoms with Gasteiger partial charge in [-0.25, -0.2) is 4.98 Å². The average molecular weight is 279 g/mol. The number of nitrogens with two attached hydrogens (primary N) is 1. The number of hydrogen-bond donors (Lipinski definition) is 1. The lowest BCUT2D eigenvalue weighted by Gasteiger charge is -2.14. The Morgan fingerprint density at radius 2 is 1.95 bits per heavy atom. The van der Waals surface area contributed by atoms with Crippen LogP contribution in [0.2, 0.25) is 5.02 Å². The molecule has 1 aromatic heterocycles. The van der Waals surface area contributed by atoms with Gasteiger partial charge in [-0.3, -0.25) is 0 Å². The summed E-state index contributed by atoms with van der Waals surface area (Å²) in [5.41, 5.74) is 7.27. The van der Waals surface area contributed by atoms with Gasteiger partial charge >= 0.3 is 0 Å². The summed E-state index contributed by atoms with van der Waals surface area (Å²) in [5, 5.41) is 0.611. The molecular formula is C13H15ClN4O. The lowest BCUT2D eigenvalue weighted by molar-refractivity contribution is 0.416. The Morgan fingerprint density at radius 1 is 1.21 bits per heavy atom. The molecule has 2 aromatic rings. The molecule has 19 heavy (non-hydrogen) atoms. The topological polar surface area (TPSA) is 64.3 Å². The van der Waals surface area contributed by atoms with Gasteiger partial charge in [0.1, 0.15) is 11.6 Å². The van der Waals surface area contributed by atoms with Gasteiger partial charge in [0, 0.05) is 30.7 Å². The minimum Gasteiger partial charge on any atom is -0.496 e. The fourth-order valence-electron chi connectivity index (χ4n) is 1.67. The quantitative estimate of drug-likeness (QED) is 0.934. The molecule has 0 radical (unpaired) electrons. The monoisotopic (exact) mass is 278 g/mol. The minimum atomic E-state index is 0.399. The summed E-state index contributed by atoms with van der Waals surface area (Å²) in [6.45, 7) is 0. The fourth-order valence-corrected chi connectivity index (χ4v) is 1.84. The average Bonchev–Trinajstić information content (AvgIpc) is 2.37. The number of rotatable bonds is 3. The number of nitrogens with zero attached hydrogens (tertiary/aromatic N) is 3. The van der Waals surface area contributed by atoms with Crippen LogP contribution >= 0.6 is 11.6 Å². The van der Waals surface area contributed by atoms with Crippen molar-refractivity contribution in [2.75, 3.05) is 31.8 Å². The van der Waals surface area contributed by atoms with Gasteiger partial charge in [0.25, 0.3) is 0 Å². The molecule has 2 N–H and O–H groups in total. The molecule has 1 aromatic carbocycles. The van der Waals surface area contributed by atoms with Crippen LogP contribution in [0.1, 0.15) is 0 Å². The predicted octanol–water partition coefficient (Wildman–Crippen LogP) is 2.45. The van der Waals surface area contributed by atoms with E-state index in [0.29, 0.717) is 28.2 Å². The Kier molecular flexibility index (Phi) is 3.76. The van der Waals surface area contributed by atoms with Crippen LogP contribution in [-0.2, 0) is 0 Å². The number of ether oxygens (including phenoxy) is 1. The number of benzene rings is 1. The second kappa shape index (κ2) is 5.32. The maximum atomic E-state index is 6.03. The van der Waals surface area contributed by atoms with Crippen molar-refractivity contribution >= 4 is 23.4 Å². The molecule has 0 amide bonds. The van der Waals surface area contributed by atoms with Crippen LogP contribution in [0.25, 0.3) is 11.3 Å². The smallest absolute Gasteiger partial charge is 0.227 e. The summed E-state index contributed by atoms with van der Waals surface area (Å²) in [4.78, 5) is 10.4. The predicted molar refractivity (Wildman–Crippen MR) is 77.8 cm³/mol. The maximum absolute atomic E-state index is 6.03. The van der Waals surface area contributed by atoms with E-state index in [9.17, 15) is 0 Å². The summed E-state index contributed by atoms with van der Waals surface area (Å²) in [5.74, 6) is 1.62. The largest absolute Gasteiger partial charge is 0.496 e. The van der Waals surface area contributed by atoms with E-state index in [4.69, 9.17) is 22.1 Å². The number of halogens is 1. The van der Waals surface area contributed by atoms with Crippen LogP contribution < -0.4 is 15.4 Å². The highest BCUT2D eigenvalue weighted by atomic mass is 35.5. The highest BCUT2D eigenvalue weighted by Gasteiger charge is 2.11. The molecule has 0 spiro atoms. The van der Waals surface area contributed by atoms with Crippen molar-refractivity contribution in [3.8, 4) is 17.0 Å². The van der Waals surface area contributed by atoms with E-state index in [2.05, 4.69) is 9.97 Å². The molecule has 0 unspecified atom stereocenters. The molecule has 0 bridgehead atoms. The Bertz CT molecular complexity index is 601. The van der Waals surface area contributed by atoms with Gasteiger partial charge in [-0.1, -0.05) is 11.6 Å². The summed E-state index contributed by atoms with van der Waals surface area (Å²) >= 11 is 6.03. The molecule has 5 nitrogen and oxygen atoms in total. The second-order valence-electron chi connectivity index (χ2n) is 4.22. The van der Waals surface area contributed by atoms with E-state index in [0.717, 1.165) is 5.56 Å². The number of anilines is 2. The van der Waals surface area contributed by atoms with Gasteiger partial charge in [0.2, 0.25) is 5.95 Å². The normalized spacial score (nSPS) is 10.3. The zero-order valence-electron chi connectivity index (χ0n) is 11.0. The lowest BCUT2D eigenvalue weighted by Crippen LogP contribution is -2.14. The minimum absolute atomic E-state index is 0.399. The van der Waals surface area contributed by atoms with Crippen molar-refractivity contribution in [3.05, 3.63) is 29.3 Å². The van der Waals surface area contributed by atoms with Crippen LogP contribution in [0.4, 0.5) is 11.8 Å². The lowest BCUT2D eigenvalue weighted by atomic mass is 10.1. The van der Waals surface area contributed by atoms with Gasteiger partial charge in [-0.2, -0.15) is 4.98 Å². The van der Waals surface area contributed by atoms with Crippen LogP contribution in [0.3, 0.4) is 0 Å². The molecular weight excluding hydrogens is 264 g/mol. The third kappa shape index (κ3) is 2.88. The van der Waals surface area contributed by atoms with Gasteiger partial charge in [0.05, 0.1) is 12.8 Å². The van der Waals surface area contributed by atoms with E-state index < -0.39 is 0 Å². The van der Waals surface area contributed by atoms with Crippen molar-refractivity contribution < 1.29 is 4.74 Å². The van der Waals surface area contributed by atoms with E-state index >= 15 is 0 Å². The van der Waals surface area contributed by atoms with Gasteiger partial charge in [-0.05, 0) is 18.2 Å². The van der Waals surface area contributed by atoms with Gasteiger partial charge in [-0.15, -0.1) is 0 Å². The van der Waals surface area contributed by atoms with E-state index in [1.54, 1.807) is 36.3 Å². The third-order valence-corrected chi connectivity index (χ3v) is 2.81. The van der Waals surface area contributed by atoms with Crippen molar-refractivity contribution in [2.24, 2.45) is 0 Å². The Balaban J connectivity index is 2.61. The summed E-state index contributed by atoms with van der Waals surface area (Å²) in [6, 6.07) is 7.05. The van der Waals surface area contributed by atoms with Crippen molar-refractivity contribution in [3.63, 3.8) is 0 Å². The SMILES string of the molecule is COc1ccc(Cl)cc1-c1cc(N)nc(N(C)C)n1. The van der Waals surface area contributed by atoms with Crippen molar-refractivity contribution in [1.29, 1.82) is 0 Å². The molecule has 0 aliphatic rings.